The number of rotatable bonds is 15. The third-order valence-electron chi connectivity index (χ3n) is 7.93. The number of carbonyl (C=O) groups is 2. The maximum atomic E-state index is 13.8. The van der Waals surface area contributed by atoms with Crippen LogP contribution in [0.3, 0.4) is 0 Å². The van der Waals surface area contributed by atoms with Crippen LogP contribution in [0.4, 0.5) is 11.4 Å². The summed E-state index contributed by atoms with van der Waals surface area (Å²) in [6.07, 6.45) is 0.420. The van der Waals surface area contributed by atoms with Crippen molar-refractivity contribution in [1.82, 2.24) is 16.0 Å². The molecule has 11 heteroatoms. The smallest absolute Gasteiger partial charge is 0.251 e. The number of aliphatic hydroxyl groups excluding tert-OH is 1. The lowest BCUT2D eigenvalue weighted by atomic mass is 10.00. The van der Waals surface area contributed by atoms with Gasteiger partial charge in [-0.05, 0) is 60.4 Å². The molecule has 4 aromatic carbocycles. The highest BCUT2D eigenvalue weighted by Crippen LogP contribution is 2.22. The molecule has 47 heavy (non-hydrogen) atoms. The fourth-order valence-electron chi connectivity index (χ4n) is 5.10. The van der Waals surface area contributed by atoms with E-state index in [1.165, 1.54) is 25.2 Å². The zero-order valence-electron chi connectivity index (χ0n) is 27.1. The Kier molecular flexibility index (Phi) is 12.1. The minimum Gasteiger partial charge on any atom is -0.390 e. The number of nitrogens with zero attached hydrogens (tertiary/aromatic N) is 1. The van der Waals surface area contributed by atoms with Crippen molar-refractivity contribution in [2.75, 3.05) is 36.5 Å². The van der Waals surface area contributed by atoms with Gasteiger partial charge in [0.05, 0.1) is 30.1 Å². The van der Waals surface area contributed by atoms with Gasteiger partial charge < -0.3 is 26.4 Å². The summed E-state index contributed by atoms with van der Waals surface area (Å²) in [5, 5.41) is 23.6. The fourth-order valence-corrected chi connectivity index (χ4v) is 5.59. The molecule has 3 atom stereocenters. The lowest BCUT2D eigenvalue weighted by Gasteiger charge is -2.26. The van der Waals surface area contributed by atoms with Gasteiger partial charge in [0.2, 0.25) is 10.0 Å². The standard InChI is InChI=1S/C36H43N5O5S/c1-25(28-15-9-6-10-16-28)39-35(43)29-20-30(22-32(21-29)41(3)47(4,45)46)36(44)40-33(19-26-12-7-5-8-13-26)34(42)24-38-23-27-14-11-17-31(18-27)37-2/h5-18,20-22,25,33-34,37-38,42H,19,23-24H2,1-4H3,(H,39,43)(H,40,44)/t25-,33+,34-/m1/s1. The van der Waals surface area contributed by atoms with E-state index in [2.05, 4.69) is 21.3 Å². The molecule has 2 amide bonds. The summed E-state index contributed by atoms with van der Waals surface area (Å²) in [6.45, 7) is 2.55. The monoisotopic (exact) mass is 657 g/mol. The molecule has 0 heterocycles. The average Bonchev–Trinajstić information content (AvgIpc) is 3.07. The second-order valence-electron chi connectivity index (χ2n) is 11.5. The minimum absolute atomic E-state index is 0.0811. The number of nitrogens with one attached hydrogen (secondary N) is 4. The zero-order chi connectivity index (χ0) is 34.0. The van der Waals surface area contributed by atoms with Crippen molar-refractivity contribution in [3.63, 3.8) is 0 Å². The first-order valence-corrected chi connectivity index (χ1v) is 17.2. The SMILES string of the molecule is CNc1cccc(CNC[C@@H](O)[C@H](Cc2ccccc2)NC(=O)c2cc(C(=O)N[C@H](C)c3ccccc3)cc(N(C)S(C)(=O)=O)c2)c1. The van der Waals surface area contributed by atoms with E-state index in [0.29, 0.717) is 13.0 Å². The van der Waals surface area contributed by atoms with Gasteiger partial charge in [-0.2, -0.15) is 0 Å². The molecule has 0 saturated carbocycles. The Balaban J connectivity index is 1.58. The maximum absolute atomic E-state index is 13.8. The summed E-state index contributed by atoms with van der Waals surface area (Å²) in [6, 6.07) is 30.1. The van der Waals surface area contributed by atoms with Gasteiger partial charge in [-0.15, -0.1) is 0 Å². The Morgan fingerprint density at radius 3 is 2.02 bits per heavy atom. The van der Waals surface area contributed by atoms with Gasteiger partial charge in [-0.1, -0.05) is 72.8 Å². The topological polar surface area (TPSA) is 140 Å². The van der Waals surface area contributed by atoms with Gasteiger partial charge >= 0.3 is 0 Å². The van der Waals surface area contributed by atoms with E-state index in [1.807, 2.05) is 98.9 Å². The van der Waals surface area contributed by atoms with Crippen LogP contribution in [0.1, 0.15) is 50.4 Å². The predicted molar refractivity (Wildman–Crippen MR) is 187 cm³/mol. The Bertz CT molecular complexity index is 1750. The van der Waals surface area contributed by atoms with Crippen LogP contribution >= 0.6 is 0 Å². The number of amides is 2. The number of sulfonamides is 1. The Hall–Kier alpha value is -4.71. The first kappa shape index (κ1) is 35.1. The van der Waals surface area contributed by atoms with Gasteiger partial charge in [0.25, 0.3) is 11.8 Å². The van der Waals surface area contributed by atoms with Gasteiger partial charge in [-0.3, -0.25) is 13.9 Å². The predicted octanol–water partition coefficient (Wildman–Crippen LogP) is 4.11. The highest BCUT2D eigenvalue weighted by Gasteiger charge is 2.25. The van der Waals surface area contributed by atoms with Crippen molar-refractivity contribution in [2.24, 2.45) is 0 Å². The second kappa shape index (κ2) is 16.2. The molecule has 0 radical (unpaired) electrons. The van der Waals surface area contributed by atoms with E-state index in [-0.39, 0.29) is 29.4 Å². The van der Waals surface area contributed by atoms with Crippen LogP contribution in [0.5, 0.6) is 0 Å². The lowest BCUT2D eigenvalue weighted by molar-refractivity contribution is 0.0830. The average molecular weight is 658 g/mol. The van der Waals surface area contributed by atoms with E-state index in [1.54, 1.807) is 0 Å². The lowest BCUT2D eigenvalue weighted by Crippen LogP contribution is -2.48. The molecule has 5 N–H and O–H groups in total. The summed E-state index contributed by atoms with van der Waals surface area (Å²) in [7, 11) is -0.493. The zero-order valence-corrected chi connectivity index (χ0v) is 27.9. The minimum atomic E-state index is -3.70. The molecular formula is C36H43N5O5S. The molecule has 4 aromatic rings. The molecule has 0 aromatic heterocycles. The third kappa shape index (κ3) is 10.1. The fraction of sp³-hybridized carbons (Fsp3) is 0.278. The van der Waals surface area contributed by atoms with Crippen molar-refractivity contribution in [3.05, 3.63) is 131 Å². The molecule has 0 saturated heterocycles. The summed E-state index contributed by atoms with van der Waals surface area (Å²) in [5.41, 5.74) is 4.18. The molecule has 0 aliphatic heterocycles. The van der Waals surface area contributed by atoms with Crippen LogP contribution in [-0.4, -0.2) is 64.4 Å². The Labute approximate surface area is 277 Å². The normalized spacial score (nSPS) is 13.2. The van der Waals surface area contributed by atoms with E-state index in [4.69, 9.17) is 0 Å². The van der Waals surface area contributed by atoms with E-state index in [9.17, 15) is 23.1 Å². The second-order valence-corrected chi connectivity index (χ2v) is 13.5. The van der Waals surface area contributed by atoms with Crippen LogP contribution in [-0.2, 0) is 23.0 Å². The van der Waals surface area contributed by atoms with Crippen LogP contribution in [0, 0.1) is 0 Å². The molecule has 0 bridgehead atoms. The highest BCUT2D eigenvalue weighted by molar-refractivity contribution is 7.92. The van der Waals surface area contributed by atoms with Crippen LogP contribution in [0.2, 0.25) is 0 Å². The van der Waals surface area contributed by atoms with E-state index >= 15 is 0 Å². The van der Waals surface area contributed by atoms with Gasteiger partial charge in [-0.25, -0.2) is 8.42 Å². The number of carbonyl (C=O) groups excluding carboxylic acids is 2. The molecule has 0 aliphatic carbocycles. The first-order valence-electron chi connectivity index (χ1n) is 15.4. The Morgan fingerprint density at radius 1 is 0.809 bits per heavy atom. The number of hydrogen-bond donors (Lipinski definition) is 5. The molecule has 0 unspecified atom stereocenters. The molecule has 10 nitrogen and oxygen atoms in total. The number of anilines is 2. The quantitative estimate of drug-likeness (QED) is 0.130. The summed E-state index contributed by atoms with van der Waals surface area (Å²) in [5.74, 6) is -1.02. The molecule has 0 fully saturated rings. The molecule has 0 aliphatic rings. The first-order chi connectivity index (χ1) is 22.4. The summed E-state index contributed by atoms with van der Waals surface area (Å²) in [4.78, 5) is 27.2. The maximum Gasteiger partial charge on any atom is 0.251 e. The van der Waals surface area contributed by atoms with E-state index < -0.39 is 34.0 Å². The summed E-state index contributed by atoms with van der Waals surface area (Å²) >= 11 is 0. The van der Waals surface area contributed by atoms with Crippen molar-refractivity contribution in [2.45, 2.75) is 38.1 Å². The number of benzene rings is 4. The largest absolute Gasteiger partial charge is 0.390 e. The molecular weight excluding hydrogens is 614 g/mol. The van der Waals surface area contributed by atoms with Gasteiger partial charge in [0, 0.05) is 44.0 Å². The molecule has 0 spiro atoms. The van der Waals surface area contributed by atoms with Crippen molar-refractivity contribution in [1.29, 1.82) is 0 Å². The van der Waals surface area contributed by atoms with E-state index in [0.717, 1.165) is 32.9 Å². The van der Waals surface area contributed by atoms with Crippen LogP contribution < -0.4 is 25.6 Å². The summed E-state index contributed by atoms with van der Waals surface area (Å²) < 4.78 is 25.9. The number of hydrogen-bond acceptors (Lipinski definition) is 7. The van der Waals surface area contributed by atoms with Gasteiger partial charge in [0.15, 0.2) is 0 Å². The van der Waals surface area contributed by atoms with Crippen molar-refractivity contribution >= 4 is 33.2 Å². The molecule has 4 rings (SSSR count). The third-order valence-corrected chi connectivity index (χ3v) is 9.13. The Morgan fingerprint density at radius 2 is 1.40 bits per heavy atom. The van der Waals surface area contributed by atoms with Crippen LogP contribution in [0.25, 0.3) is 0 Å². The highest BCUT2D eigenvalue weighted by atomic mass is 32.2. The number of aliphatic hydroxyl groups is 1. The van der Waals surface area contributed by atoms with Crippen LogP contribution in [0.15, 0.2) is 103 Å². The van der Waals surface area contributed by atoms with Crippen molar-refractivity contribution in [3.8, 4) is 0 Å². The van der Waals surface area contributed by atoms with Crippen molar-refractivity contribution < 1.29 is 23.1 Å². The molecule has 248 valence electrons. The van der Waals surface area contributed by atoms with Gasteiger partial charge in [0.1, 0.15) is 0 Å².